The van der Waals surface area contributed by atoms with Gasteiger partial charge in [0.2, 0.25) is 0 Å². The van der Waals surface area contributed by atoms with Crippen LogP contribution in [0.3, 0.4) is 0 Å². The Morgan fingerprint density at radius 3 is 2.67 bits per heavy atom. The van der Waals surface area contributed by atoms with Crippen LogP contribution in [0.15, 0.2) is 40.5 Å². The summed E-state index contributed by atoms with van der Waals surface area (Å²) in [7, 11) is 0. The fourth-order valence-corrected chi connectivity index (χ4v) is 3.05. The van der Waals surface area contributed by atoms with Gasteiger partial charge in [-0.3, -0.25) is 9.20 Å². The van der Waals surface area contributed by atoms with Gasteiger partial charge in [-0.15, -0.1) is 24.5 Å². The molecule has 2 aromatic heterocycles. The predicted molar refractivity (Wildman–Crippen MR) is 84.5 cm³/mol. The molecule has 0 unspecified atom stereocenters. The Labute approximate surface area is 138 Å². The van der Waals surface area contributed by atoms with Gasteiger partial charge in [0.1, 0.15) is 5.75 Å². The molecule has 0 fully saturated rings. The van der Waals surface area contributed by atoms with Crippen molar-refractivity contribution in [3.8, 4) is 5.75 Å². The number of nitrogens with zero attached hydrogens (tertiary/aromatic N) is 2. The zero-order chi connectivity index (χ0) is 17.3. The SMILES string of the molecule is Cc1csc2nc(CNc3ccc(OC(F)(F)F)cc3)cc(=O)n12. The number of hydrogen-bond acceptors (Lipinski definition) is 5. The molecule has 3 aromatic rings. The maximum atomic E-state index is 12.1. The number of anilines is 1. The molecule has 5 nitrogen and oxygen atoms in total. The van der Waals surface area contributed by atoms with Crippen LogP contribution in [-0.4, -0.2) is 15.7 Å². The molecule has 1 aromatic carbocycles. The highest BCUT2D eigenvalue weighted by Gasteiger charge is 2.30. The van der Waals surface area contributed by atoms with Gasteiger partial charge in [0.25, 0.3) is 5.56 Å². The van der Waals surface area contributed by atoms with Gasteiger partial charge in [0, 0.05) is 22.8 Å². The number of nitrogens with one attached hydrogen (secondary N) is 1. The molecule has 9 heteroatoms. The molecule has 3 rings (SSSR count). The summed E-state index contributed by atoms with van der Waals surface area (Å²) in [5.74, 6) is -0.292. The summed E-state index contributed by atoms with van der Waals surface area (Å²) < 4.78 is 41.6. The van der Waals surface area contributed by atoms with E-state index in [1.54, 1.807) is 0 Å². The minimum Gasteiger partial charge on any atom is -0.406 e. The largest absolute Gasteiger partial charge is 0.573 e. The molecule has 0 atom stereocenters. The number of ether oxygens (including phenoxy) is 1. The first-order valence-electron chi connectivity index (χ1n) is 6.88. The van der Waals surface area contributed by atoms with Crippen LogP contribution in [0.2, 0.25) is 0 Å². The van der Waals surface area contributed by atoms with Gasteiger partial charge in [0.05, 0.1) is 12.2 Å². The predicted octanol–water partition coefficient (Wildman–Crippen LogP) is 3.58. The monoisotopic (exact) mass is 355 g/mol. The number of benzene rings is 1. The molecule has 0 amide bonds. The van der Waals surface area contributed by atoms with E-state index in [0.717, 1.165) is 5.69 Å². The quantitative estimate of drug-likeness (QED) is 0.777. The van der Waals surface area contributed by atoms with Crippen LogP contribution in [0.1, 0.15) is 11.4 Å². The molecule has 0 radical (unpaired) electrons. The third-order valence-corrected chi connectivity index (χ3v) is 4.13. The minimum atomic E-state index is -4.71. The molecule has 2 heterocycles. The second-order valence-electron chi connectivity index (χ2n) is 5.01. The molecule has 0 aliphatic heterocycles. The van der Waals surface area contributed by atoms with Crippen LogP contribution in [0.25, 0.3) is 4.96 Å². The smallest absolute Gasteiger partial charge is 0.406 e. The van der Waals surface area contributed by atoms with E-state index in [9.17, 15) is 18.0 Å². The van der Waals surface area contributed by atoms with Gasteiger partial charge >= 0.3 is 6.36 Å². The Balaban J connectivity index is 1.71. The van der Waals surface area contributed by atoms with Crippen molar-refractivity contribution in [1.29, 1.82) is 0 Å². The molecule has 0 spiro atoms. The van der Waals surface area contributed by atoms with Crippen molar-refractivity contribution in [2.75, 3.05) is 5.32 Å². The first-order chi connectivity index (χ1) is 11.3. The van der Waals surface area contributed by atoms with Crippen LogP contribution in [0.5, 0.6) is 5.75 Å². The zero-order valence-corrected chi connectivity index (χ0v) is 13.2. The van der Waals surface area contributed by atoms with Crippen molar-refractivity contribution in [2.24, 2.45) is 0 Å². The Bertz CT molecular complexity index is 916. The molecular weight excluding hydrogens is 343 g/mol. The number of fused-ring (bicyclic) bond motifs is 1. The molecule has 0 aliphatic carbocycles. The van der Waals surface area contributed by atoms with E-state index >= 15 is 0 Å². The summed E-state index contributed by atoms with van der Waals surface area (Å²) in [6.45, 7) is 2.11. The molecule has 0 bridgehead atoms. The second-order valence-corrected chi connectivity index (χ2v) is 5.84. The average Bonchev–Trinajstić information content (AvgIpc) is 2.87. The lowest BCUT2D eigenvalue weighted by molar-refractivity contribution is -0.274. The highest BCUT2D eigenvalue weighted by atomic mass is 32.1. The lowest BCUT2D eigenvalue weighted by atomic mass is 10.3. The highest BCUT2D eigenvalue weighted by Crippen LogP contribution is 2.24. The highest BCUT2D eigenvalue weighted by molar-refractivity contribution is 7.15. The van der Waals surface area contributed by atoms with Crippen molar-refractivity contribution in [3.63, 3.8) is 0 Å². The zero-order valence-electron chi connectivity index (χ0n) is 12.4. The van der Waals surface area contributed by atoms with Gasteiger partial charge in [0.15, 0.2) is 4.96 Å². The molecule has 1 N–H and O–H groups in total. The van der Waals surface area contributed by atoms with Gasteiger partial charge < -0.3 is 10.1 Å². The number of hydrogen-bond donors (Lipinski definition) is 1. The van der Waals surface area contributed by atoms with Crippen LogP contribution in [0, 0.1) is 6.92 Å². The van der Waals surface area contributed by atoms with E-state index in [4.69, 9.17) is 0 Å². The molecule has 126 valence electrons. The normalized spacial score (nSPS) is 11.7. The van der Waals surface area contributed by atoms with Crippen molar-refractivity contribution in [2.45, 2.75) is 19.8 Å². The van der Waals surface area contributed by atoms with Crippen molar-refractivity contribution in [3.05, 3.63) is 57.5 Å². The molecule has 0 saturated heterocycles. The number of thiazole rings is 1. The van der Waals surface area contributed by atoms with Crippen LogP contribution in [0.4, 0.5) is 18.9 Å². The van der Waals surface area contributed by atoms with E-state index < -0.39 is 6.36 Å². The van der Waals surface area contributed by atoms with Crippen molar-refractivity contribution < 1.29 is 17.9 Å². The summed E-state index contributed by atoms with van der Waals surface area (Å²) in [6.07, 6.45) is -4.71. The van der Waals surface area contributed by atoms with Gasteiger partial charge in [-0.2, -0.15) is 0 Å². The first kappa shape index (κ1) is 16.3. The van der Waals surface area contributed by atoms with E-state index in [0.29, 0.717) is 16.3 Å². The van der Waals surface area contributed by atoms with E-state index in [-0.39, 0.29) is 17.9 Å². The summed E-state index contributed by atoms with van der Waals surface area (Å²) in [5.41, 5.74) is 1.81. The van der Waals surface area contributed by atoms with Crippen molar-refractivity contribution in [1.82, 2.24) is 9.38 Å². The number of rotatable bonds is 4. The summed E-state index contributed by atoms with van der Waals surface area (Å²) in [5, 5.41) is 4.85. The molecule has 24 heavy (non-hydrogen) atoms. The lowest BCUT2D eigenvalue weighted by Crippen LogP contribution is -2.17. The number of aromatic nitrogens is 2. The van der Waals surface area contributed by atoms with Crippen LogP contribution >= 0.6 is 11.3 Å². The molecule has 0 saturated carbocycles. The Morgan fingerprint density at radius 1 is 1.29 bits per heavy atom. The van der Waals surface area contributed by atoms with Gasteiger partial charge in [-0.05, 0) is 31.2 Å². The van der Waals surface area contributed by atoms with Gasteiger partial charge in [-0.25, -0.2) is 4.98 Å². The minimum absolute atomic E-state index is 0.163. The summed E-state index contributed by atoms with van der Waals surface area (Å²) >= 11 is 1.37. The first-order valence-corrected chi connectivity index (χ1v) is 7.76. The number of halogens is 3. The fraction of sp³-hybridized carbons (Fsp3) is 0.200. The Kier molecular flexibility index (Phi) is 4.18. The maximum absolute atomic E-state index is 12.1. The molecular formula is C15H12F3N3O2S. The maximum Gasteiger partial charge on any atom is 0.573 e. The third-order valence-electron chi connectivity index (χ3n) is 3.19. The van der Waals surface area contributed by atoms with E-state index in [2.05, 4.69) is 15.0 Å². The van der Waals surface area contributed by atoms with Crippen LogP contribution in [-0.2, 0) is 6.54 Å². The third kappa shape index (κ3) is 3.67. The molecule has 0 aliphatic rings. The second kappa shape index (κ2) is 6.16. The van der Waals surface area contributed by atoms with Crippen LogP contribution < -0.4 is 15.6 Å². The Morgan fingerprint density at radius 2 is 2.00 bits per heavy atom. The number of alkyl halides is 3. The van der Waals surface area contributed by atoms with Crippen molar-refractivity contribution >= 4 is 22.0 Å². The summed E-state index contributed by atoms with van der Waals surface area (Å²) in [4.78, 5) is 17.0. The summed E-state index contributed by atoms with van der Waals surface area (Å²) in [6, 6.07) is 6.78. The fourth-order valence-electron chi connectivity index (χ4n) is 2.16. The number of aryl methyl sites for hydroxylation is 1. The topological polar surface area (TPSA) is 55.6 Å². The lowest BCUT2D eigenvalue weighted by Gasteiger charge is -2.10. The Hall–Kier alpha value is -2.55. The standard InChI is InChI=1S/C15H12F3N3O2S/c1-9-8-24-14-20-11(6-13(22)21(9)14)7-19-10-2-4-12(5-3-10)23-15(16,17)18/h2-6,8,19H,7H2,1H3. The average molecular weight is 355 g/mol. The van der Waals surface area contributed by atoms with E-state index in [1.165, 1.54) is 46.1 Å². The van der Waals surface area contributed by atoms with Gasteiger partial charge in [-0.1, -0.05) is 0 Å². The van der Waals surface area contributed by atoms with E-state index in [1.807, 2.05) is 12.3 Å².